The van der Waals surface area contributed by atoms with Gasteiger partial charge in [0.25, 0.3) is 0 Å². The molecule has 0 atom stereocenters. The maximum Gasteiger partial charge on any atom is 0.122 e. The van der Waals surface area contributed by atoms with Crippen molar-refractivity contribution in [1.82, 2.24) is 10.6 Å². The number of benzene rings is 1. The Balaban J connectivity index is 2.56. The van der Waals surface area contributed by atoms with E-state index in [0.717, 1.165) is 25.3 Å². The highest BCUT2D eigenvalue weighted by Gasteiger charge is 2.13. The lowest BCUT2D eigenvalue weighted by molar-refractivity contribution is 0.391. The van der Waals surface area contributed by atoms with Crippen LogP contribution in [0, 0.1) is 13.8 Å². The molecule has 0 unspecified atom stereocenters. The van der Waals surface area contributed by atoms with Crippen LogP contribution in [0.1, 0.15) is 30.5 Å². The summed E-state index contributed by atoms with van der Waals surface area (Å²) in [6, 6.07) is 4.36. The second-order valence-electron chi connectivity index (χ2n) is 5.81. The number of rotatable bonds is 7. The van der Waals surface area contributed by atoms with Crippen LogP contribution in [0.2, 0.25) is 0 Å². The third-order valence-electron chi connectivity index (χ3n) is 3.71. The van der Waals surface area contributed by atoms with E-state index in [9.17, 15) is 0 Å². The van der Waals surface area contributed by atoms with Crippen LogP contribution in [0.5, 0.6) is 5.75 Å². The van der Waals surface area contributed by atoms with Crippen LogP contribution in [0.25, 0.3) is 0 Å². The molecule has 108 valence electrons. The fourth-order valence-electron chi connectivity index (χ4n) is 1.95. The summed E-state index contributed by atoms with van der Waals surface area (Å²) in [5.74, 6) is 0.998. The molecule has 0 aliphatic heterocycles. The van der Waals surface area contributed by atoms with Crippen molar-refractivity contribution in [2.75, 3.05) is 27.2 Å². The molecule has 1 rings (SSSR count). The van der Waals surface area contributed by atoms with Crippen molar-refractivity contribution in [1.29, 1.82) is 0 Å². The lowest BCUT2D eigenvalue weighted by Crippen LogP contribution is -2.46. The zero-order chi connectivity index (χ0) is 14.5. The van der Waals surface area contributed by atoms with Crippen molar-refractivity contribution in [3.63, 3.8) is 0 Å². The van der Waals surface area contributed by atoms with Crippen LogP contribution in [-0.4, -0.2) is 32.8 Å². The lowest BCUT2D eigenvalue weighted by atomic mass is 10.0. The van der Waals surface area contributed by atoms with Crippen LogP contribution >= 0.6 is 0 Å². The molecule has 0 fully saturated rings. The Labute approximate surface area is 117 Å². The quantitative estimate of drug-likeness (QED) is 0.742. The molecule has 1 aromatic rings. The number of hydrogen-bond donors (Lipinski definition) is 2. The Hall–Kier alpha value is -1.06. The number of methoxy groups -OCH3 is 1. The second kappa shape index (κ2) is 6.92. The highest BCUT2D eigenvalue weighted by molar-refractivity contribution is 5.41. The monoisotopic (exact) mass is 264 g/mol. The average molecular weight is 264 g/mol. The van der Waals surface area contributed by atoms with Gasteiger partial charge in [-0.15, -0.1) is 0 Å². The topological polar surface area (TPSA) is 33.3 Å². The SMILES string of the molecule is CNC(C)(C)CNCCc1cc(C)c(C)cc1OC. The Morgan fingerprint density at radius 1 is 1.16 bits per heavy atom. The van der Waals surface area contributed by atoms with Gasteiger partial charge in [-0.1, -0.05) is 6.07 Å². The molecule has 1 aromatic carbocycles. The van der Waals surface area contributed by atoms with Gasteiger partial charge in [0.2, 0.25) is 0 Å². The molecule has 0 heterocycles. The molecule has 0 aromatic heterocycles. The molecule has 2 N–H and O–H groups in total. The fourth-order valence-corrected chi connectivity index (χ4v) is 1.95. The van der Waals surface area contributed by atoms with Gasteiger partial charge in [-0.2, -0.15) is 0 Å². The maximum absolute atomic E-state index is 5.46. The van der Waals surface area contributed by atoms with Crippen molar-refractivity contribution in [3.8, 4) is 5.75 Å². The first-order valence-corrected chi connectivity index (χ1v) is 6.93. The van der Waals surface area contributed by atoms with E-state index in [0.29, 0.717) is 0 Å². The number of likely N-dealkylation sites (N-methyl/N-ethyl adjacent to an activating group) is 1. The molecule has 3 heteroatoms. The summed E-state index contributed by atoms with van der Waals surface area (Å²) in [5, 5.41) is 6.78. The normalized spacial score (nSPS) is 11.7. The predicted octanol–water partition coefficient (Wildman–Crippen LogP) is 2.44. The Morgan fingerprint density at radius 3 is 2.37 bits per heavy atom. The molecule has 0 saturated carbocycles. The molecular weight excluding hydrogens is 236 g/mol. The minimum absolute atomic E-state index is 0.132. The number of ether oxygens (including phenoxy) is 1. The second-order valence-corrected chi connectivity index (χ2v) is 5.81. The van der Waals surface area contributed by atoms with E-state index < -0.39 is 0 Å². The predicted molar refractivity (Wildman–Crippen MR) is 82.2 cm³/mol. The van der Waals surface area contributed by atoms with Crippen LogP contribution < -0.4 is 15.4 Å². The van der Waals surface area contributed by atoms with Crippen molar-refractivity contribution < 1.29 is 4.74 Å². The summed E-state index contributed by atoms with van der Waals surface area (Å²) in [7, 11) is 3.74. The van der Waals surface area contributed by atoms with Crippen molar-refractivity contribution >= 4 is 0 Å². The molecular formula is C16H28N2O. The van der Waals surface area contributed by atoms with Gasteiger partial charge >= 0.3 is 0 Å². The molecule has 0 amide bonds. The first-order valence-electron chi connectivity index (χ1n) is 6.93. The van der Waals surface area contributed by atoms with E-state index in [1.54, 1.807) is 7.11 Å². The summed E-state index contributed by atoms with van der Waals surface area (Å²) < 4.78 is 5.46. The Bertz CT molecular complexity index is 413. The van der Waals surface area contributed by atoms with Gasteiger partial charge in [-0.05, 0) is 70.5 Å². The maximum atomic E-state index is 5.46. The van der Waals surface area contributed by atoms with Gasteiger partial charge in [-0.3, -0.25) is 0 Å². The summed E-state index contributed by atoms with van der Waals surface area (Å²) in [4.78, 5) is 0. The van der Waals surface area contributed by atoms with Crippen LogP contribution in [0.3, 0.4) is 0 Å². The van der Waals surface area contributed by atoms with Crippen molar-refractivity contribution in [2.45, 2.75) is 39.7 Å². The third kappa shape index (κ3) is 4.84. The van der Waals surface area contributed by atoms with Gasteiger partial charge in [0.15, 0.2) is 0 Å². The first-order chi connectivity index (χ1) is 8.89. The van der Waals surface area contributed by atoms with Crippen LogP contribution in [-0.2, 0) is 6.42 Å². The summed E-state index contributed by atoms with van der Waals surface area (Å²) in [5.41, 5.74) is 4.02. The Kier molecular flexibility index (Phi) is 5.83. The molecule has 0 saturated heterocycles. The minimum Gasteiger partial charge on any atom is -0.496 e. The highest BCUT2D eigenvalue weighted by Crippen LogP contribution is 2.23. The molecule has 0 aliphatic rings. The van der Waals surface area contributed by atoms with E-state index in [1.165, 1.54) is 16.7 Å². The van der Waals surface area contributed by atoms with E-state index in [4.69, 9.17) is 4.74 Å². The van der Waals surface area contributed by atoms with Crippen molar-refractivity contribution in [2.24, 2.45) is 0 Å². The smallest absolute Gasteiger partial charge is 0.122 e. The molecule has 3 nitrogen and oxygen atoms in total. The van der Waals surface area contributed by atoms with E-state index >= 15 is 0 Å². The first kappa shape index (κ1) is 16.0. The number of nitrogens with one attached hydrogen (secondary N) is 2. The van der Waals surface area contributed by atoms with E-state index in [2.05, 4.69) is 50.5 Å². The third-order valence-corrected chi connectivity index (χ3v) is 3.71. The molecule has 19 heavy (non-hydrogen) atoms. The van der Waals surface area contributed by atoms with Crippen LogP contribution in [0.15, 0.2) is 12.1 Å². The largest absolute Gasteiger partial charge is 0.496 e. The zero-order valence-corrected chi connectivity index (χ0v) is 13.2. The fraction of sp³-hybridized carbons (Fsp3) is 0.625. The summed E-state index contributed by atoms with van der Waals surface area (Å²) in [6.07, 6.45) is 0.990. The summed E-state index contributed by atoms with van der Waals surface area (Å²) >= 11 is 0. The molecule has 0 aliphatic carbocycles. The lowest BCUT2D eigenvalue weighted by Gasteiger charge is -2.24. The van der Waals surface area contributed by atoms with E-state index in [-0.39, 0.29) is 5.54 Å². The van der Waals surface area contributed by atoms with Gasteiger partial charge in [0, 0.05) is 12.1 Å². The van der Waals surface area contributed by atoms with Gasteiger partial charge in [0.1, 0.15) is 5.75 Å². The number of aryl methyl sites for hydroxylation is 2. The van der Waals surface area contributed by atoms with E-state index in [1.807, 2.05) is 7.05 Å². The molecule has 0 radical (unpaired) electrons. The highest BCUT2D eigenvalue weighted by atomic mass is 16.5. The Morgan fingerprint density at radius 2 is 1.79 bits per heavy atom. The van der Waals surface area contributed by atoms with Crippen molar-refractivity contribution in [3.05, 3.63) is 28.8 Å². The minimum atomic E-state index is 0.132. The zero-order valence-electron chi connectivity index (χ0n) is 13.2. The standard InChI is InChI=1S/C16H28N2O/c1-12-9-14(15(19-6)10-13(12)2)7-8-18-11-16(3,4)17-5/h9-10,17-18H,7-8,11H2,1-6H3. The molecule has 0 spiro atoms. The number of hydrogen-bond acceptors (Lipinski definition) is 3. The van der Waals surface area contributed by atoms with Gasteiger partial charge in [0.05, 0.1) is 7.11 Å². The average Bonchev–Trinajstić information content (AvgIpc) is 2.38. The molecule has 0 bridgehead atoms. The van der Waals surface area contributed by atoms with Gasteiger partial charge < -0.3 is 15.4 Å². The van der Waals surface area contributed by atoms with Crippen LogP contribution in [0.4, 0.5) is 0 Å². The summed E-state index contributed by atoms with van der Waals surface area (Å²) in [6.45, 7) is 10.6. The van der Waals surface area contributed by atoms with Gasteiger partial charge in [-0.25, -0.2) is 0 Å².